The van der Waals surface area contributed by atoms with Crippen LogP contribution in [0.2, 0.25) is 0 Å². The average molecular weight is 405 g/mol. The van der Waals surface area contributed by atoms with Crippen LogP contribution in [-0.4, -0.2) is 74.6 Å². The van der Waals surface area contributed by atoms with Crippen LogP contribution in [0.25, 0.3) is 11.2 Å². The molecule has 158 valence electrons. The van der Waals surface area contributed by atoms with Crippen LogP contribution in [0.15, 0.2) is 12.7 Å². The molecule has 0 aromatic carbocycles. The van der Waals surface area contributed by atoms with Crippen LogP contribution in [0.3, 0.4) is 0 Å². The fraction of sp³-hybridized carbons (Fsp3) is 0.737. The Labute approximate surface area is 168 Å². The molecule has 0 spiro atoms. The van der Waals surface area contributed by atoms with Gasteiger partial charge in [-0.3, -0.25) is 4.57 Å². The summed E-state index contributed by atoms with van der Waals surface area (Å²) in [5, 5.41) is 13.5. The highest BCUT2D eigenvalue weighted by Crippen LogP contribution is 2.44. The molecule has 2 aromatic rings. The number of fused-ring (bicyclic) bond motifs is 2. The number of nitrogens with zero attached hydrogens (tertiary/aromatic N) is 4. The molecule has 2 saturated heterocycles. The molecule has 0 amide bonds. The van der Waals surface area contributed by atoms with E-state index in [0.29, 0.717) is 23.6 Å². The number of aliphatic hydroxyl groups excluding tert-OH is 1. The predicted octanol–water partition coefficient (Wildman–Crippen LogP) is 1.22. The molecule has 10 heteroatoms. The first-order valence-corrected chi connectivity index (χ1v) is 10.1. The highest BCUT2D eigenvalue weighted by atomic mass is 16.8. The summed E-state index contributed by atoms with van der Waals surface area (Å²) in [6.45, 7) is 4.20. The molecule has 3 aliphatic rings. The number of aromatic nitrogens is 4. The lowest BCUT2D eigenvalue weighted by Crippen LogP contribution is -2.32. The van der Waals surface area contributed by atoms with Gasteiger partial charge in [0, 0.05) is 7.11 Å². The molecule has 4 heterocycles. The van der Waals surface area contributed by atoms with Crippen molar-refractivity contribution in [2.75, 3.05) is 19.0 Å². The molecule has 6 atom stereocenters. The van der Waals surface area contributed by atoms with E-state index in [2.05, 4.69) is 20.3 Å². The second-order valence-electron chi connectivity index (χ2n) is 8.38. The number of rotatable bonds is 5. The van der Waals surface area contributed by atoms with Gasteiger partial charge in [-0.25, -0.2) is 15.0 Å². The maximum atomic E-state index is 10.1. The van der Waals surface area contributed by atoms with E-state index in [-0.39, 0.29) is 30.5 Å². The summed E-state index contributed by atoms with van der Waals surface area (Å²) in [5.41, 5.74) is 1.28. The first-order chi connectivity index (χ1) is 14.0. The molecule has 2 aliphatic heterocycles. The maximum Gasteiger partial charge on any atom is 0.167 e. The van der Waals surface area contributed by atoms with Crippen LogP contribution in [0.4, 0.5) is 5.82 Å². The number of methoxy groups -OCH3 is 1. The van der Waals surface area contributed by atoms with Crippen molar-refractivity contribution < 1.29 is 24.1 Å². The third kappa shape index (κ3) is 3.28. The van der Waals surface area contributed by atoms with E-state index < -0.39 is 12.0 Å². The second kappa shape index (κ2) is 7.13. The number of anilines is 1. The van der Waals surface area contributed by atoms with Crippen molar-refractivity contribution in [3.8, 4) is 0 Å². The summed E-state index contributed by atoms with van der Waals surface area (Å²) in [6, 6.07) is -0.0243. The SMILES string of the molecule is COCC1OC(n2cnc3c(N[C@@H]4CCC[C@H]4O)ncnc32)[C@@H]2OC(C)(C)O[C@H]12. The van der Waals surface area contributed by atoms with Crippen molar-refractivity contribution in [2.24, 2.45) is 0 Å². The molecule has 1 saturated carbocycles. The zero-order valence-corrected chi connectivity index (χ0v) is 16.8. The number of nitrogens with one attached hydrogen (secondary N) is 1. The van der Waals surface area contributed by atoms with Gasteiger partial charge in [0.25, 0.3) is 0 Å². The van der Waals surface area contributed by atoms with E-state index in [4.69, 9.17) is 18.9 Å². The van der Waals surface area contributed by atoms with E-state index >= 15 is 0 Å². The quantitative estimate of drug-likeness (QED) is 0.758. The number of aliphatic hydroxyl groups is 1. The van der Waals surface area contributed by atoms with Gasteiger partial charge in [0.1, 0.15) is 24.6 Å². The number of ether oxygens (including phenoxy) is 4. The molecule has 10 nitrogen and oxygen atoms in total. The number of hydrogen-bond acceptors (Lipinski definition) is 9. The van der Waals surface area contributed by atoms with Gasteiger partial charge in [0.05, 0.1) is 25.1 Å². The highest BCUT2D eigenvalue weighted by molar-refractivity contribution is 5.82. The summed E-state index contributed by atoms with van der Waals surface area (Å²) in [5.74, 6) is -0.0772. The molecule has 5 rings (SSSR count). The van der Waals surface area contributed by atoms with Crippen molar-refractivity contribution in [3.05, 3.63) is 12.7 Å². The monoisotopic (exact) mass is 405 g/mol. The topological polar surface area (TPSA) is 113 Å². The van der Waals surface area contributed by atoms with Crippen LogP contribution in [0, 0.1) is 0 Å². The average Bonchev–Trinajstić information content (AvgIpc) is 3.41. The summed E-state index contributed by atoms with van der Waals surface area (Å²) in [7, 11) is 1.64. The van der Waals surface area contributed by atoms with E-state index in [1.807, 2.05) is 18.4 Å². The molecule has 2 unspecified atom stereocenters. The number of hydrogen-bond donors (Lipinski definition) is 2. The first-order valence-electron chi connectivity index (χ1n) is 10.1. The lowest BCUT2D eigenvalue weighted by molar-refractivity contribution is -0.200. The van der Waals surface area contributed by atoms with Crippen LogP contribution < -0.4 is 5.32 Å². The molecule has 2 N–H and O–H groups in total. The summed E-state index contributed by atoms with van der Waals surface area (Å²) in [6.07, 6.45) is 4.30. The summed E-state index contributed by atoms with van der Waals surface area (Å²) < 4.78 is 25.6. The lowest BCUT2D eigenvalue weighted by atomic mass is 10.1. The van der Waals surface area contributed by atoms with Gasteiger partial charge >= 0.3 is 0 Å². The minimum atomic E-state index is -0.694. The summed E-state index contributed by atoms with van der Waals surface area (Å²) in [4.78, 5) is 13.3. The Hall–Kier alpha value is -1.85. The Kier molecular flexibility index (Phi) is 4.71. The van der Waals surface area contributed by atoms with E-state index in [9.17, 15) is 5.11 Å². The van der Waals surface area contributed by atoms with Crippen molar-refractivity contribution in [1.82, 2.24) is 19.5 Å². The van der Waals surface area contributed by atoms with Crippen LogP contribution in [0.1, 0.15) is 39.3 Å². The van der Waals surface area contributed by atoms with Crippen molar-refractivity contribution >= 4 is 17.0 Å². The maximum absolute atomic E-state index is 10.1. The van der Waals surface area contributed by atoms with Gasteiger partial charge in [-0.2, -0.15) is 0 Å². The molecule has 0 bridgehead atoms. The molecule has 2 aromatic heterocycles. The molecule has 29 heavy (non-hydrogen) atoms. The zero-order chi connectivity index (χ0) is 20.2. The summed E-state index contributed by atoms with van der Waals surface area (Å²) >= 11 is 0. The molecule has 1 aliphatic carbocycles. The molecule has 0 radical (unpaired) electrons. The van der Waals surface area contributed by atoms with Crippen LogP contribution >= 0.6 is 0 Å². The zero-order valence-electron chi connectivity index (χ0n) is 16.8. The predicted molar refractivity (Wildman–Crippen MR) is 102 cm³/mol. The normalized spacial score (nSPS) is 36.0. The first kappa shape index (κ1) is 19.1. The van der Waals surface area contributed by atoms with Crippen molar-refractivity contribution in [2.45, 2.75) is 75.6 Å². The van der Waals surface area contributed by atoms with Crippen LogP contribution in [-0.2, 0) is 18.9 Å². The van der Waals surface area contributed by atoms with Gasteiger partial charge in [0.15, 0.2) is 29.0 Å². The standard InChI is InChI=1S/C19H27N5O5/c1-19(2)28-14-12(7-26-3)27-18(15(14)29-19)24-9-22-13-16(20-8-21-17(13)24)23-10-5-4-6-11(10)25/h8-12,14-15,18,25H,4-7H2,1-3H3,(H,20,21,23)/t10-,11-,12?,14-,15-,18?/m1/s1. The largest absolute Gasteiger partial charge is 0.391 e. The van der Waals surface area contributed by atoms with Crippen molar-refractivity contribution in [3.63, 3.8) is 0 Å². The fourth-order valence-corrected chi connectivity index (χ4v) is 4.61. The van der Waals surface area contributed by atoms with Gasteiger partial charge in [-0.1, -0.05) is 0 Å². The van der Waals surface area contributed by atoms with E-state index in [1.54, 1.807) is 13.4 Å². The minimum Gasteiger partial charge on any atom is -0.391 e. The third-order valence-electron chi connectivity index (χ3n) is 5.89. The Morgan fingerprint density at radius 3 is 2.83 bits per heavy atom. The Balaban J connectivity index is 1.47. The molecular weight excluding hydrogens is 378 g/mol. The lowest BCUT2D eigenvalue weighted by Gasteiger charge is -2.24. The van der Waals surface area contributed by atoms with Gasteiger partial charge < -0.3 is 29.4 Å². The highest BCUT2D eigenvalue weighted by Gasteiger charge is 2.56. The second-order valence-corrected chi connectivity index (χ2v) is 8.38. The van der Waals surface area contributed by atoms with E-state index in [0.717, 1.165) is 19.3 Å². The smallest absolute Gasteiger partial charge is 0.167 e. The number of imidazole rings is 1. The van der Waals surface area contributed by atoms with Crippen LogP contribution in [0.5, 0.6) is 0 Å². The molecular formula is C19H27N5O5. The Morgan fingerprint density at radius 1 is 1.24 bits per heavy atom. The fourth-order valence-electron chi connectivity index (χ4n) is 4.61. The Morgan fingerprint density at radius 2 is 2.07 bits per heavy atom. The van der Waals surface area contributed by atoms with Gasteiger partial charge in [-0.05, 0) is 33.1 Å². The van der Waals surface area contributed by atoms with Crippen molar-refractivity contribution in [1.29, 1.82) is 0 Å². The van der Waals surface area contributed by atoms with Gasteiger partial charge in [0.2, 0.25) is 0 Å². The molecule has 3 fully saturated rings. The minimum absolute atomic E-state index is 0.0243. The third-order valence-corrected chi connectivity index (χ3v) is 5.89. The Bertz CT molecular complexity index is 889. The van der Waals surface area contributed by atoms with E-state index in [1.165, 1.54) is 6.33 Å². The van der Waals surface area contributed by atoms with Gasteiger partial charge in [-0.15, -0.1) is 0 Å².